The predicted molar refractivity (Wildman–Crippen MR) is 78.2 cm³/mol. The first kappa shape index (κ1) is 14.1. The van der Waals surface area contributed by atoms with Gasteiger partial charge in [-0.25, -0.2) is 0 Å². The van der Waals surface area contributed by atoms with Gasteiger partial charge in [-0.1, -0.05) is 58.5 Å². The molecule has 0 atom stereocenters. The van der Waals surface area contributed by atoms with Gasteiger partial charge in [-0.2, -0.15) is 4.98 Å². The summed E-state index contributed by atoms with van der Waals surface area (Å²) in [5.74, 6) is 1.86. The fourth-order valence-electron chi connectivity index (χ4n) is 3.95. The lowest BCUT2D eigenvalue weighted by molar-refractivity contribution is 0.321. The molecule has 4 heteroatoms. The smallest absolute Gasteiger partial charge is 0.230 e. The van der Waals surface area contributed by atoms with E-state index < -0.39 is 0 Å². The van der Waals surface area contributed by atoms with Crippen LogP contribution in [-0.4, -0.2) is 10.1 Å². The van der Waals surface area contributed by atoms with Crippen molar-refractivity contribution in [3.8, 4) is 0 Å². The average molecular weight is 277 g/mol. The van der Waals surface area contributed by atoms with Crippen LogP contribution < -0.4 is 5.73 Å². The number of aromatic nitrogens is 2. The van der Waals surface area contributed by atoms with E-state index in [0.29, 0.717) is 5.92 Å². The van der Waals surface area contributed by atoms with Crippen LogP contribution in [0.2, 0.25) is 0 Å². The molecule has 3 rings (SSSR count). The minimum Gasteiger partial charge on any atom is -0.339 e. The highest BCUT2D eigenvalue weighted by atomic mass is 16.5. The third-order valence-corrected chi connectivity index (χ3v) is 6.15. The minimum atomic E-state index is -0.374. The lowest BCUT2D eigenvalue weighted by Gasteiger charge is -2.23. The van der Waals surface area contributed by atoms with Gasteiger partial charge < -0.3 is 10.3 Å². The first-order chi connectivity index (χ1) is 9.29. The first-order valence-electron chi connectivity index (χ1n) is 7.92. The van der Waals surface area contributed by atoms with Gasteiger partial charge in [0, 0.05) is 5.92 Å². The van der Waals surface area contributed by atoms with E-state index in [1.54, 1.807) is 0 Å². The van der Waals surface area contributed by atoms with E-state index in [1.165, 1.54) is 25.7 Å². The predicted octanol–water partition coefficient (Wildman–Crippen LogP) is 3.73. The summed E-state index contributed by atoms with van der Waals surface area (Å²) in [6.07, 6.45) is 6.83. The summed E-state index contributed by atoms with van der Waals surface area (Å²) >= 11 is 0. The number of rotatable bonds is 2. The van der Waals surface area contributed by atoms with Crippen molar-refractivity contribution < 1.29 is 4.52 Å². The summed E-state index contributed by atoms with van der Waals surface area (Å²) in [5.41, 5.74) is 6.64. The Kier molecular flexibility index (Phi) is 3.02. The van der Waals surface area contributed by atoms with Crippen LogP contribution in [0.1, 0.15) is 83.9 Å². The highest BCUT2D eigenvalue weighted by Crippen LogP contribution is 2.73. The van der Waals surface area contributed by atoms with Crippen LogP contribution in [0, 0.1) is 10.8 Å². The Bertz CT molecular complexity index is 482. The zero-order chi connectivity index (χ0) is 14.6. The molecule has 2 aliphatic rings. The molecule has 2 saturated carbocycles. The SMILES string of the molecule is CC1(C)C(c2nc(C3(N)CCCCCC3)no2)C1(C)C. The molecule has 0 aliphatic heterocycles. The van der Waals surface area contributed by atoms with E-state index in [0.717, 1.165) is 24.6 Å². The lowest BCUT2D eigenvalue weighted by atomic mass is 9.91. The molecular formula is C16H27N3O. The molecule has 0 spiro atoms. The van der Waals surface area contributed by atoms with Crippen LogP contribution in [-0.2, 0) is 5.54 Å². The average Bonchev–Trinajstić information content (AvgIpc) is 2.66. The van der Waals surface area contributed by atoms with Gasteiger partial charge in [-0.05, 0) is 23.7 Å². The maximum absolute atomic E-state index is 6.56. The maximum Gasteiger partial charge on any atom is 0.230 e. The Morgan fingerprint density at radius 1 is 1.00 bits per heavy atom. The molecule has 2 fully saturated rings. The molecule has 4 nitrogen and oxygen atoms in total. The van der Waals surface area contributed by atoms with Crippen molar-refractivity contribution in [2.75, 3.05) is 0 Å². The number of hydrogen-bond donors (Lipinski definition) is 1. The minimum absolute atomic E-state index is 0.224. The Morgan fingerprint density at radius 2 is 1.55 bits per heavy atom. The molecule has 112 valence electrons. The van der Waals surface area contributed by atoms with E-state index in [2.05, 4.69) is 32.9 Å². The molecule has 20 heavy (non-hydrogen) atoms. The summed E-state index contributed by atoms with van der Waals surface area (Å²) in [5, 5.41) is 4.23. The summed E-state index contributed by atoms with van der Waals surface area (Å²) in [7, 11) is 0. The van der Waals surface area contributed by atoms with E-state index in [1.807, 2.05) is 0 Å². The number of hydrogen-bond acceptors (Lipinski definition) is 4. The third kappa shape index (κ3) is 1.92. The fraction of sp³-hybridized carbons (Fsp3) is 0.875. The normalized spacial score (nSPS) is 28.1. The standard InChI is InChI=1S/C16H27N3O/c1-14(2)11(15(14,3)4)12-18-13(19-20-12)16(17)9-7-5-6-8-10-16/h11H,5-10,17H2,1-4H3. The largest absolute Gasteiger partial charge is 0.339 e. The van der Waals surface area contributed by atoms with Gasteiger partial charge in [0.1, 0.15) is 0 Å². The molecule has 0 saturated heterocycles. The van der Waals surface area contributed by atoms with Crippen molar-refractivity contribution in [3.05, 3.63) is 11.7 Å². The second kappa shape index (κ2) is 4.30. The van der Waals surface area contributed by atoms with Crippen molar-refractivity contribution in [2.45, 2.75) is 77.7 Å². The van der Waals surface area contributed by atoms with Gasteiger partial charge in [-0.15, -0.1) is 0 Å². The van der Waals surface area contributed by atoms with E-state index in [4.69, 9.17) is 15.2 Å². The monoisotopic (exact) mass is 277 g/mol. The highest BCUT2D eigenvalue weighted by Gasteiger charge is 2.68. The van der Waals surface area contributed by atoms with Crippen molar-refractivity contribution in [1.82, 2.24) is 10.1 Å². The van der Waals surface area contributed by atoms with Crippen LogP contribution in [0.5, 0.6) is 0 Å². The molecular weight excluding hydrogens is 250 g/mol. The van der Waals surface area contributed by atoms with Gasteiger partial charge in [0.2, 0.25) is 5.89 Å². The molecule has 1 heterocycles. The molecule has 0 radical (unpaired) electrons. The molecule has 2 N–H and O–H groups in total. The third-order valence-electron chi connectivity index (χ3n) is 6.15. The Labute approximate surface area is 121 Å². The maximum atomic E-state index is 6.56. The zero-order valence-electron chi connectivity index (χ0n) is 13.2. The first-order valence-corrected chi connectivity index (χ1v) is 7.92. The molecule has 0 bridgehead atoms. The van der Waals surface area contributed by atoms with Crippen LogP contribution in [0.3, 0.4) is 0 Å². The van der Waals surface area contributed by atoms with Gasteiger partial charge in [0.25, 0.3) is 0 Å². The Morgan fingerprint density at radius 3 is 2.05 bits per heavy atom. The Hall–Kier alpha value is -0.900. The second-order valence-corrected chi connectivity index (χ2v) is 7.90. The second-order valence-electron chi connectivity index (χ2n) is 7.90. The number of nitrogens with two attached hydrogens (primary N) is 1. The van der Waals surface area contributed by atoms with Crippen molar-refractivity contribution in [2.24, 2.45) is 16.6 Å². The van der Waals surface area contributed by atoms with Gasteiger partial charge in [0.05, 0.1) is 5.54 Å². The van der Waals surface area contributed by atoms with Gasteiger partial charge in [0.15, 0.2) is 5.82 Å². The van der Waals surface area contributed by atoms with E-state index in [9.17, 15) is 0 Å². The molecule has 0 aromatic carbocycles. The van der Waals surface area contributed by atoms with Gasteiger partial charge >= 0.3 is 0 Å². The summed E-state index contributed by atoms with van der Waals surface area (Å²) in [6.45, 7) is 9.08. The summed E-state index contributed by atoms with van der Waals surface area (Å²) in [6, 6.07) is 0. The van der Waals surface area contributed by atoms with Crippen molar-refractivity contribution >= 4 is 0 Å². The molecule has 1 aromatic heterocycles. The van der Waals surface area contributed by atoms with Crippen molar-refractivity contribution in [1.29, 1.82) is 0 Å². The molecule has 2 aliphatic carbocycles. The topological polar surface area (TPSA) is 64.9 Å². The highest BCUT2D eigenvalue weighted by molar-refractivity contribution is 5.25. The lowest BCUT2D eigenvalue weighted by Crippen LogP contribution is -2.37. The van der Waals surface area contributed by atoms with E-state index in [-0.39, 0.29) is 16.4 Å². The fourth-order valence-corrected chi connectivity index (χ4v) is 3.95. The van der Waals surface area contributed by atoms with Crippen LogP contribution in [0.15, 0.2) is 4.52 Å². The molecule has 0 unspecified atom stereocenters. The number of nitrogens with zero attached hydrogens (tertiary/aromatic N) is 2. The van der Waals surface area contributed by atoms with Crippen molar-refractivity contribution in [3.63, 3.8) is 0 Å². The Balaban J connectivity index is 1.84. The zero-order valence-corrected chi connectivity index (χ0v) is 13.2. The van der Waals surface area contributed by atoms with Crippen LogP contribution >= 0.6 is 0 Å². The van der Waals surface area contributed by atoms with Crippen LogP contribution in [0.4, 0.5) is 0 Å². The summed E-state index contributed by atoms with van der Waals surface area (Å²) < 4.78 is 5.58. The van der Waals surface area contributed by atoms with Gasteiger partial charge in [-0.3, -0.25) is 0 Å². The quantitative estimate of drug-likeness (QED) is 0.837. The molecule has 1 aromatic rings. The van der Waals surface area contributed by atoms with Crippen LogP contribution in [0.25, 0.3) is 0 Å². The summed E-state index contributed by atoms with van der Waals surface area (Å²) in [4.78, 5) is 4.70. The molecule has 0 amide bonds. The van der Waals surface area contributed by atoms with E-state index >= 15 is 0 Å².